The maximum absolute atomic E-state index is 14.4. The van der Waals surface area contributed by atoms with E-state index in [9.17, 15) is 9.18 Å². The normalized spacial score (nSPS) is 10.9. The second-order valence-corrected chi connectivity index (χ2v) is 9.80. The van der Waals surface area contributed by atoms with Crippen LogP contribution in [0.5, 0.6) is 17.2 Å². The van der Waals surface area contributed by atoms with Gasteiger partial charge in [0.05, 0.1) is 18.8 Å². The number of halogens is 1. The topological polar surface area (TPSA) is 44.8 Å². The maximum atomic E-state index is 14.4. The summed E-state index contributed by atoms with van der Waals surface area (Å²) in [5.74, 6) is 0.00119. The van der Waals surface area contributed by atoms with Crippen molar-refractivity contribution in [3.63, 3.8) is 0 Å². The second kappa shape index (κ2) is 19.5. The van der Waals surface area contributed by atoms with Crippen LogP contribution in [0.1, 0.15) is 121 Å². The maximum Gasteiger partial charge on any atom is 0.343 e. The summed E-state index contributed by atoms with van der Waals surface area (Å²) in [4.78, 5) is 12.5. The third-order valence-electron chi connectivity index (χ3n) is 6.48. The molecule has 0 radical (unpaired) electrons. The number of hydrogen-bond donors (Lipinski definition) is 0. The number of carbonyl (C=O) groups excluding carboxylic acids is 1. The van der Waals surface area contributed by atoms with E-state index in [1.165, 1.54) is 89.2 Å². The van der Waals surface area contributed by atoms with Crippen LogP contribution in [0.2, 0.25) is 0 Å². The van der Waals surface area contributed by atoms with Crippen LogP contribution in [-0.2, 0) is 0 Å². The standard InChI is InChI=1S/C32H47FO4/c1-3-5-7-9-11-13-14-16-24-35-28-20-18-27(19-21-28)32(34)37-29-22-23-31(30(33)26-29)36-25-17-15-12-10-8-6-4-2/h18-23,26H,3-17,24-25H2,1-2H3. The smallest absolute Gasteiger partial charge is 0.343 e. The van der Waals surface area contributed by atoms with Crippen molar-refractivity contribution in [3.8, 4) is 17.2 Å². The van der Waals surface area contributed by atoms with E-state index in [-0.39, 0.29) is 11.5 Å². The van der Waals surface area contributed by atoms with Crippen LogP contribution in [0.4, 0.5) is 4.39 Å². The molecule has 37 heavy (non-hydrogen) atoms. The van der Waals surface area contributed by atoms with E-state index in [2.05, 4.69) is 13.8 Å². The fraction of sp³-hybridized carbons (Fsp3) is 0.594. The van der Waals surface area contributed by atoms with Gasteiger partial charge >= 0.3 is 5.97 Å². The zero-order valence-corrected chi connectivity index (χ0v) is 23.1. The Balaban J connectivity index is 1.65. The van der Waals surface area contributed by atoms with E-state index in [1.807, 2.05) is 0 Å². The molecule has 5 heteroatoms. The molecule has 2 aromatic rings. The molecule has 0 aliphatic rings. The van der Waals surface area contributed by atoms with Gasteiger partial charge in [-0.2, -0.15) is 0 Å². The van der Waals surface area contributed by atoms with E-state index in [0.29, 0.717) is 18.8 Å². The van der Waals surface area contributed by atoms with E-state index < -0.39 is 11.8 Å². The third-order valence-corrected chi connectivity index (χ3v) is 6.48. The van der Waals surface area contributed by atoms with Crippen LogP contribution >= 0.6 is 0 Å². The number of rotatable bonds is 21. The molecule has 0 N–H and O–H groups in total. The number of carbonyl (C=O) groups is 1. The zero-order chi connectivity index (χ0) is 26.6. The van der Waals surface area contributed by atoms with Gasteiger partial charge in [-0.05, 0) is 49.2 Å². The number of hydrogen-bond acceptors (Lipinski definition) is 4. The highest BCUT2D eigenvalue weighted by Crippen LogP contribution is 2.24. The minimum Gasteiger partial charge on any atom is -0.494 e. The largest absolute Gasteiger partial charge is 0.494 e. The van der Waals surface area contributed by atoms with Crippen molar-refractivity contribution in [2.75, 3.05) is 13.2 Å². The number of unbranched alkanes of at least 4 members (excludes halogenated alkanes) is 13. The molecule has 0 unspecified atom stereocenters. The van der Waals surface area contributed by atoms with Crippen LogP contribution < -0.4 is 14.2 Å². The predicted octanol–water partition coefficient (Wildman–Crippen LogP) is 9.69. The van der Waals surface area contributed by atoms with E-state index >= 15 is 0 Å². The SMILES string of the molecule is CCCCCCCCCCOc1ccc(C(=O)Oc2ccc(OCCCCCCCCC)c(F)c2)cc1. The summed E-state index contributed by atoms with van der Waals surface area (Å²) in [5.41, 5.74) is 0.388. The van der Waals surface area contributed by atoms with Crippen LogP contribution in [0.3, 0.4) is 0 Å². The molecule has 2 rings (SSSR count). The lowest BCUT2D eigenvalue weighted by Gasteiger charge is -2.10. The highest BCUT2D eigenvalue weighted by Gasteiger charge is 2.12. The summed E-state index contributed by atoms with van der Waals surface area (Å²) in [5, 5.41) is 0. The Labute approximate surface area is 223 Å². The summed E-state index contributed by atoms with van der Waals surface area (Å²) < 4.78 is 31.1. The highest BCUT2D eigenvalue weighted by atomic mass is 19.1. The van der Waals surface area contributed by atoms with Crippen molar-refractivity contribution in [2.24, 2.45) is 0 Å². The summed E-state index contributed by atoms with van der Waals surface area (Å²) >= 11 is 0. The first-order valence-electron chi connectivity index (χ1n) is 14.5. The van der Waals surface area contributed by atoms with Gasteiger partial charge in [0.15, 0.2) is 11.6 Å². The molecule has 0 fully saturated rings. The monoisotopic (exact) mass is 514 g/mol. The van der Waals surface area contributed by atoms with Crippen LogP contribution in [0, 0.1) is 5.82 Å². The molecule has 0 saturated heterocycles. The Kier molecular flexibility index (Phi) is 16.2. The van der Waals surface area contributed by atoms with Crippen molar-refractivity contribution >= 4 is 5.97 Å². The Morgan fingerprint density at radius 2 is 1.11 bits per heavy atom. The molecule has 2 aromatic carbocycles. The molecule has 0 aliphatic heterocycles. The van der Waals surface area contributed by atoms with Crippen molar-refractivity contribution < 1.29 is 23.4 Å². The molecule has 0 bridgehead atoms. The fourth-order valence-electron chi connectivity index (χ4n) is 4.18. The zero-order valence-electron chi connectivity index (χ0n) is 23.1. The van der Waals surface area contributed by atoms with Crippen LogP contribution in [-0.4, -0.2) is 19.2 Å². The molecule has 0 saturated carbocycles. The Hall–Kier alpha value is -2.56. The van der Waals surface area contributed by atoms with Gasteiger partial charge in [-0.15, -0.1) is 0 Å². The van der Waals surface area contributed by atoms with Gasteiger partial charge in [0.1, 0.15) is 11.5 Å². The van der Waals surface area contributed by atoms with Crippen LogP contribution in [0.25, 0.3) is 0 Å². The van der Waals surface area contributed by atoms with Crippen LogP contribution in [0.15, 0.2) is 42.5 Å². The average Bonchev–Trinajstić information content (AvgIpc) is 2.90. The molecule has 0 heterocycles. The molecule has 0 aliphatic carbocycles. The summed E-state index contributed by atoms with van der Waals surface area (Å²) in [6, 6.07) is 11.1. The lowest BCUT2D eigenvalue weighted by atomic mass is 10.1. The summed E-state index contributed by atoms with van der Waals surface area (Å²) in [6.45, 7) is 5.60. The molecular weight excluding hydrogens is 467 g/mol. The first-order valence-corrected chi connectivity index (χ1v) is 14.5. The lowest BCUT2D eigenvalue weighted by Crippen LogP contribution is -2.09. The lowest BCUT2D eigenvalue weighted by molar-refractivity contribution is 0.0734. The van der Waals surface area contributed by atoms with Gasteiger partial charge in [-0.1, -0.05) is 97.3 Å². The first kappa shape index (κ1) is 30.7. The Morgan fingerprint density at radius 1 is 0.622 bits per heavy atom. The van der Waals surface area contributed by atoms with Gasteiger partial charge in [-0.25, -0.2) is 9.18 Å². The average molecular weight is 515 g/mol. The number of benzene rings is 2. The number of esters is 1. The van der Waals surface area contributed by atoms with E-state index in [1.54, 1.807) is 30.3 Å². The second-order valence-electron chi connectivity index (χ2n) is 9.80. The van der Waals surface area contributed by atoms with Crippen molar-refractivity contribution in [1.82, 2.24) is 0 Å². The van der Waals surface area contributed by atoms with Gasteiger partial charge in [0.2, 0.25) is 0 Å². The van der Waals surface area contributed by atoms with E-state index in [4.69, 9.17) is 14.2 Å². The van der Waals surface area contributed by atoms with Crippen molar-refractivity contribution in [2.45, 2.75) is 110 Å². The van der Waals surface area contributed by atoms with Gasteiger partial charge < -0.3 is 14.2 Å². The molecule has 4 nitrogen and oxygen atoms in total. The number of ether oxygens (including phenoxy) is 3. The summed E-state index contributed by atoms with van der Waals surface area (Å²) in [7, 11) is 0. The van der Waals surface area contributed by atoms with E-state index in [0.717, 1.165) is 25.0 Å². The van der Waals surface area contributed by atoms with Crippen molar-refractivity contribution in [1.29, 1.82) is 0 Å². The van der Waals surface area contributed by atoms with Crippen molar-refractivity contribution in [3.05, 3.63) is 53.8 Å². The van der Waals surface area contributed by atoms with Gasteiger partial charge in [0.25, 0.3) is 0 Å². The molecule has 206 valence electrons. The van der Waals surface area contributed by atoms with Gasteiger partial charge in [0, 0.05) is 6.07 Å². The fourth-order valence-corrected chi connectivity index (χ4v) is 4.18. The first-order chi connectivity index (χ1) is 18.1. The molecule has 0 amide bonds. The minimum atomic E-state index is -0.536. The summed E-state index contributed by atoms with van der Waals surface area (Å²) in [6.07, 6.45) is 18.3. The minimum absolute atomic E-state index is 0.154. The highest BCUT2D eigenvalue weighted by molar-refractivity contribution is 5.91. The predicted molar refractivity (Wildman–Crippen MR) is 149 cm³/mol. The Bertz CT molecular complexity index is 866. The molecule has 0 atom stereocenters. The molecular formula is C32H47FO4. The Morgan fingerprint density at radius 3 is 1.65 bits per heavy atom. The molecule has 0 spiro atoms. The quantitative estimate of drug-likeness (QED) is 0.0945. The van der Waals surface area contributed by atoms with Gasteiger partial charge in [-0.3, -0.25) is 0 Å². The third kappa shape index (κ3) is 13.5. The molecule has 0 aromatic heterocycles.